The van der Waals surface area contributed by atoms with Crippen LogP contribution in [0.1, 0.15) is 19.4 Å². The highest BCUT2D eigenvalue weighted by Crippen LogP contribution is 2.20. The van der Waals surface area contributed by atoms with Gasteiger partial charge < -0.3 is 14.0 Å². The van der Waals surface area contributed by atoms with Gasteiger partial charge in [0.15, 0.2) is 0 Å². The van der Waals surface area contributed by atoms with Crippen LogP contribution in [0.5, 0.6) is 5.75 Å². The van der Waals surface area contributed by atoms with E-state index in [9.17, 15) is 4.79 Å². The van der Waals surface area contributed by atoms with E-state index < -0.39 is 0 Å². The summed E-state index contributed by atoms with van der Waals surface area (Å²) in [5.74, 6) is 0.932. The van der Waals surface area contributed by atoms with Gasteiger partial charge in [0.25, 0.3) is 0 Å². The first kappa shape index (κ1) is 13.5. The molecule has 2 heterocycles. The molecule has 2 aromatic heterocycles. The molecule has 1 amide bonds. The largest absolute Gasteiger partial charge is 0.495 e. The van der Waals surface area contributed by atoms with Crippen LogP contribution in [0.4, 0.5) is 0 Å². The third-order valence-electron chi connectivity index (χ3n) is 3.62. The SMILES string of the molecule is COc1ccc2c(CC(C)N(C)C(C)=O)ccn2c1. The van der Waals surface area contributed by atoms with E-state index in [1.54, 1.807) is 18.9 Å². The van der Waals surface area contributed by atoms with Crippen LogP contribution in [0.3, 0.4) is 0 Å². The van der Waals surface area contributed by atoms with Gasteiger partial charge in [-0.25, -0.2) is 0 Å². The van der Waals surface area contributed by atoms with E-state index in [-0.39, 0.29) is 11.9 Å². The molecule has 4 heteroatoms. The molecule has 0 aliphatic carbocycles. The Hall–Kier alpha value is -1.97. The Bertz CT molecular complexity index is 589. The summed E-state index contributed by atoms with van der Waals surface area (Å²) in [6.07, 6.45) is 4.82. The van der Waals surface area contributed by atoms with E-state index in [0.717, 1.165) is 17.7 Å². The van der Waals surface area contributed by atoms with Gasteiger partial charge in [-0.15, -0.1) is 0 Å². The lowest BCUT2D eigenvalue weighted by atomic mass is 10.1. The molecule has 0 aromatic carbocycles. The van der Waals surface area contributed by atoms with Gasteiger partial charge >= 0.3 is 0 Å². The van der Waals surface area contributed by atoms with Crippen LogP contribution < -0.4 is 4.74 Å². The molecule has 2 rings (SSSR count). The molecule has 2 aromatic rings. The average molecular weight is 260 g/mol. The van der Waals surface area contributed by atoms with E-state index in [0.29, 0.717) is 0 Å². The number of ether oxygens (including phenoxy) is 1. The number of nitrogens with zero attached hydrogens (tertiary/aromatic N) is 2. The Balaban J connectivity index is 2.24. The summed E-state index contributed by atoms with van der Waals surface area (Å²) in [5.41, 5.74) is 2.40. The Kier molecular flexibility index (Phi) is 3.79. The minimum atomic E-state index is 0.0951. The molecule has 1 unspecified atom stereocenters. The zero-order valence-electron chi connectivity index (χ0n) is 11.9. The van der Waals surface area contributed by atoms with Crippen LogP contribution >= 0.6 is 0 Å². The number of hydrogen-bond donors (Lipinski definition) is 0. The fourth-order valence-corrected chi connectivity index (χ4v) is 2.21. The summed E-state index contributed by atoms with van der Waals surface area (Å²) in [5, 5.41) is 0. The minimum absolute atomic E-state index is 0.0951. The van der Waals surface area contributed by atoms with Crippen molar-refractivity contribution in [3.63, 3.8) is 0 Å². The van der Waals surface area contributed by atoms with Crippen molar-refractivity contribution in [2.24, 2.45) is 0 Å². The number of aromatic nitrogens is 1. The standard InChI is InChI=1S/C15H20N2O2/c1-11(16(3)12(2)18)9-13-7-8-17-10-14(19-4)5-6-15(13)17/h5-8,10-11H,9H2,1-4H3. The first-order chi connectivity index (χ1) is 9.02. The molecule has 0 bridgehead atoms. The molecule has 4 nitrogen and oxygen atoms in total. The van der Waals surface area contributed by atoms with E-state index in [1.807, 2.05) is 25.5 Å². The van der Waals surface area contributed by atoms with Crippen molar-refractivity contribution in [1.29, 1.82) is 0 Å². The number of hydrogen-bond acceptors (Lipinski definition) is 2. The lowest BCUT2D eigenvalue weighted by Crippen LogP contribution is -2.34. The summed E-state index contributed by atoms with van der Waals surface area (Å²) in [6, 6.07) is 6.29. The molecule has 1 atom stereocenters. The van der Waals surface area contributed by atoms with Crippen molar-refractivity contribution in [2.45, 2.75) is 26.3 Å². The quantitative estimate of drug-likeness (QED) is 0.845. The third-order valence-corrected chi connectivity index (χ3v) is 3.62. The van der Waals surface area contributed by atoms with Crippen LogP contribution in [0.2, 0.25) is 0 Å². The summed E-state index contributed by atoms with van der Waals surface area (Å²) in [4.78, 5) is 13.1. The molecule has 0 aliphatic rings. The molecule has 0 saturated heterocycles. The molecule has 0 fully saturated rings. The summed E-state index contributed by atoms with van der Waals surface area (Å²) < 4.78 is 7.26. The van der Waals surface area contributed by atoms with Crippen molar-refractivity contribution in [1.82, 2.24) is 9.30 Å². The van der Waals surface area contributed by atoms with Crippen LogP contribution in [0.15, 0.2) is 30.6 Å². The second-order valence-electron chi connectivity index (χ2n) is 4.89. The maximum Gasteiger partial charge on any atom is 0.219 e. The predicted molar refractivity (Wildman–Crippen MR) is 75.6 cm³/mol. The predicted octanol–water partition coefficient (Wildman–Crippen LogP) is 2.36. The van der Waals surface area contributed by atoms with Crippen molar-refractivity contribution in [3.05, 3.63) is 36.2 Å². The summed E-state index contributed by atoms with van der Waals surface area (Å²) in [6.45, 7) is 3.66. The van der Waals surface area contributed by atoms with Crippen molar-refractivity contribution in [2.75, 3.05) is 14.2 Å². The van der Waals surface area contributed by atoms with Gasteiger partial charge in [-0.2, -0.15) is 0 Å². The minimum Gasteiger partial charge on any atom is -0.495 e. The van der Waals surface area contributed by atoms with Crippen molar-refractivity contribution >= 4 is 11.4 Å². The molecule has 0 radical (unpaired) electrons. The van der Waals surface area contributed by atoms with E-state index >= 15 is 0 Å². The van der Waals surface area contributed by atoms with Crippen LogP contribution in [-0.2, 0) is 11.2 Å². The lowest BCUT2D eigenvalue weighted by Gasteiger charge is -2.23. The monoisotopic (exact) mass is 260 g/mol. The number of methoxy groups -OCH3 is 1. The topological polar surface area (TPSA) is 34.0 Å². The lowest BCUT2D eigenvalue weighted by molar-refractivity contribution is -0.129. The zero-order chi connectivity index (χ0) is 14.0. The molecule has 0 aliphatic heterocycles. The van der Waals surface area contributed by atoms with E-state index in [2.05, 4.69) is 23.5 Å². The molecular weight excluding hydrogens is 240 g/mol. The van der Waals surface area contributed by atoms with E-state index in [4.69, 9.17) is 4.74 Å². The highest BCUT2D eigenvalue weighted by molar-refractivity contribution is 5.73. The first-order valence-electron chi connectivity index (χ1n) is 6.40. The van der Waals surface area contributed by atoms with Gasteiger partial charge in [-0.1, -0.05) is 0 Å². The van der Waals surface area contributed by atoms with Gasteiger partial charge in [0.1, 0.15) is 5.75 Å². The molecular formula is C15H20N2O2. The van der Waals surface area contributed by atoms with Crippen molar-refractivity contribution < 1.29 is 9.53 Å². The fourth-order valence-electron chi connectivity index (χ4n) is 2.21. The first-order valence-corrected chi connectivity index (χ1v) is 6.40. The van der Waals surface area contributed by atoms with Crippen LogP contribution in [0, 0.1) is 0 Å². The van der Waals surface area contributed by atoms with Crippen LogP contribution in [0.25, 0.3) is 5.52 Å². The van der Waals surface area contributed by atoms with E-state index in [1.165, 1.54) is 5.56 Å². The molecule has 0 spiro atoms. The maximum atomic E-state index is 11.4. The molecule has 102 valence electrons. The Morgan fingerprint density at radius 2 is 2.16 bits per heavy atom. The van der Waals surface area contributed by atoms with Gasteiger partial charge in [0.05, 0.1) is 13.3 Å². The van der Waals surface area contributed by atoms with Gasteiger partial charge in [0.2, 0.25) is 5.91 Å². The highest BCUT2D eigenvalue weighted by Gasteiger charge is 2.14. The second-order valence-corrected chi connectivity index (χ2v) is 4.89. The number of pyridine rings is 1. The summed E-state index contributed by atoms with van der Waals surface area (Å²) in [7, 11) is 3.50. The molecule has 0 N–H and O–H groups in total. The normalized spacial score (nSPS) is 12.4. The number of rotatable bonds is 4. The second kappa shape index (κ2) is 5.34. The number of carbonyl (C=O) groups is 1. The number of carbonyl (C=O) groups excluding carboxylic acids is 1. The number of amides is 1. The smallest absolute Gasteiger partial charge is 0.219 e. The highest BCUT2D eigenvalue weighted by atomic mass is 16.5. The summed E-state index contributed by atoms with van der Waals surface area (Å²) >= 11 is 0. The fraction of sp³-hybridized carbons (Fsp3) is 0.400. The number of fused-ring (bicyclic) bond motifs is 1. The molecule has 19 heavy (non-hydrogen) atoms. The van der Waals surface area contributed by atoms with Gasteiger partial charge in [-0.05, 0) is 37.1 Å². The molecule has 0 saturated carbocycles. The van der Waals surface area contributed by atoms with Gasteiger partial charge in [-0.3, -0.25) is 4.79 Å². The Labute approximate surface area is 113 Å². The Morgan fingerprint density at radius 3 is 2.79 bits per heavy atom. The van der Waals surface area contributed by atoms with Crippen molar-refractivity contribution in [3.8, 4) is 5.75 Å². The number of likely N-dealkylation sites (N-methyl/N-ethyl adjacent to an activating group) is 1. The van der Waals surface area contributed by atoms with Crippen LogP contribution in [-0.4, -0.2) is 35.4 Å². The zero-order valence-corrected chi connectivity index (χ0v) is 11.9. The van der Waals surface area contributed by atoms with Gasteiger partial charge in [0, 0.05) is 31.7 Å². The third kappa shape index (κ3) is 2.72. The average Bonchev–Trinajstić information content (AvgIpc) is 2.79. The maximum absolute atomic E-state index is 11.4. The Morgan fingerprint density at radius 1 is 1.42 bits per heavy atom.